The fraction of sp³-hybridized carbons (Fsp3) is 0.562. The second-order valence-corrected chi connectivity index (χ2v) is 5.08. The van der Waals surface area contributed by atoms with Crippen molar-refractivity contribution in [2.24, 2.45) is 0 Å². The molecule has 1 aromatic rings. The zero-order valence-electron chi connectivity index (χ0n) is 12.8. The van der Waals surface area contributed by atoms with Crippen molar-refractivity contribution in [1.29, 1.82) is 5.26 Å². The Morgan fingerprint density at radius 3 is 2.24 bits per heavy atom. The summed E-state index contributed by atoms with van der Waals surface area (Å²) in [6.07, 6.45) is 1.41. The first-order valence-electron chi connectivity index (χ1n) is 7.15. The summed E-state index contributed by atoms with van der Waals surface area (Å²) >= 11 is 0. The van der Waals surface area contributed by atoms with Crippen LogP contribution in [0, 0.1) is 11.3 Å². The molecule has 0 aliphatic rings. The maximum Gasteiger partial charge on any atom is 0.387 e. The molecule has 0 spiro atoms. The number of benzene rings is 1. The largest absolute Gasteiger partial charge is 0.435 e. The molecule has 0 N–H and O–H groups in total. The number of hydrogen-bond donors (Lipinski definition) is 0. The van der Waals surface area contributed by atoms with Gasteiger partial charge in [0.1, 0.15) is 11.3 Å². The zero-order chi connectivity index (χ0) is 15.9. The predicted molar refractivity (Wildman–Crippen MR) is 78.3 cm³/mol. The highest BCUT2D eigenvalue weighted by Gasteiger charge is 2.29. The van der Waals surface area contributed by atoms with Crippen LogP contribution >= 0.6 is 0 Å². The molecule has 1 aromatic carbocycles. The molecule has 0 bridgehead atoms. The van der Waals surface area contributed by atoms with Crippen LogP contribution in [0.5, 0.6) is 5.75 Å². The van der Waals surface area contributed by atoms with Gasteiger partial charge >= 0.3 is 6.61 Å². The molecule has 1 rings (SSSR count). The van der Waals surface area contributed by atoms with Gasteiger partial charge in [-0.05, 0) is 50.6 Å². The van der Waals surface area contributed by atoms with E-state index in [4.69, 9.17) is 0 Å². The van der Waals surface area contributed by atoms with Crippen LogP contribution < -0.4 is 4.74 Å². The fourth-order valence-electron chi connectivity index (χ4n) is 2.43. The number of alkyl halides is 2. The minimum absolute atomic E-state index is 0.153. The van der Waals surface area contributed by atoms with Crippen molar-refractivity contribution < 1.29 is 13.5 Å². The van der Waals surface area contributed by atoms with Crippen molar-refractivity contribution in [3.8, 4) is 11.8 Å². The molecule has 0 aliphatic carbocycles. The van der Waals surface area contributed by atoms with Crippen LogP contribution in [0.2, 0.25) is 0 Å². The lowest BCUT2D eigenvalue weighted by molar-refractivity contribution is -0.0498. The standard InChI is InChI=1S/C16H22F2N2O/c1-4-20(5-2)16(3,12-19)11-10-13-6-8-14(9-7-13)21-15(17)18/h6-9,15H,4-5,10-11H2,1-3H3. The monoisotopic (exact) mass is 296 g/mol. The second-order valence-electron chi connectivity index (χ2n) is 5.08. The number of hydrogen-bond acceptors (Lipinski definition) is 3. The molecule has 21 heavy (non-hydrogen) atoms. The van der Waals surface area contributed by atoms with Crippen LogP contribution in [0.3, 0.4) is 0 Å². The summed E-state index contributed by atoms with van der Waals surface area (Å²) < 4.78 is 28.5. The van der Waals surface area contributed by atoms with E-state index in [1.165, 1.54) is 12.1 Å². The highest BCUT2D eigenvalue weighted by molar-refractivity contribution is 5.27. The fourth-order valence-corrected chi connectivity index (χ4v) is 2.43. The lowest BCUT2D eigenvalue weighted by Gasteiger charge is -2.34. The number of aryl methyl sites for hydroxylation is 1. The maximum atomic E-state index is 12.1. The number of rotatable bonds is 8. The molecule has 1 unspecified atom stereocenters. The third-order valence-electron chi connectivity index (χ3n) is 3.75. The van der Waals surface area contributed by atoms with E-state index in [0.29, 0.717) is 6.42 Å². The highest BCUT2D eigenvalue weighted by Crippen LogP contribution is 2.22. The van der Waals surface area contributed by atoms with Gasteiger partial charge in [0, 0.05) is 0 Å². The number of nitrogens with zero attached hydrogens (tertiary/aromatic N) is 2. The Kier molecular flexibility index (Phi) is 6.57. The third kappa shape index (κ3) is 4.98. The molecule has 0 aliphatic heterocycles. The smallest absolute Gasteiger partial charge is 0.387 e. The van der Waals surface area contributed by atoms with Gasteiger partial charge in [0.2, 0.25) is 0 Å². The molecular weight excluding hydrogens is 274 g/mol. The molecule has 0 aromatic heterocycles. The summed E-state index contributed by atoms with van der Waals surface area (Å²) in [4.78, 5) is 2.13. The van der Waals surface area contributed by atoms with Gasteiger partial charge in [-0.25, -0.2) is 0 Å². The molecule has 1 atom stereocenters. The topological polar surface area (TPSA) is 36.3 Å². The molecule has 0 saturated heterocycles. The first-order chi connectivity index (χ1) is 9.95. The molecule has 116 valence electrons. The van der Waals surface area contributed by atoms with Gasteiger partial charge in [0.25, 0.3) is 0 Å². The Hall–Kier alpha value is -1.67. The SMILES string of the molecule is CCN(CC)C(C)(C#N)CCc1ccc(OC(F)F)cc1. The second kappa shape index (κ2) is 7.94. The molecular formula is C16H22F2N2O. The summed E-state index contributed by atoms with van der Waals surface area (Å²) in [5, 5.41) is 9.44. The molecule has 0 radical (unpaired) electrons. The number of nitriles is 1. The molecule has 3 nitrogen and oxygen atoms in total. The van der Waals surface area contributed by atoms with E-state index in [2.05, 4.69) is 15.7 Å². The van der Waals surface area contributed by atoms with Gasteiger partial charge in [-0.15, -0.1) is 0 Å². The van der Waals surface area contributed by atoms with Crippen LogP contribution in [0.15, 0.2) is 24.3 Å². The minimum atomic E-state index is -2.81. The summed E-state index contributed by atoms with van der Waals surface area (Å²) in [5.74, 6) is 0.153. The van der Waals surface area contributed by atoms with Crippen molar-refractivity contribution >= 4 is 0 Å². The average molecular weight is 296 g/mol. The van der Waals surface area contributed by atoms with Crippen molar-refractivity contribution in [2.75, 3.05) is 13.1 Å². The minimum Gasteiger partial charge on any atom is -0.435 e. The summed E-state index contributed by atoms with van der Waals surface area (Å²) in [6, 6.07) is 8.97. The Labute approximate surface area is 125 Å². The normalized spacial score (nSPS) is 14.0. The van der Waals surface area contributed by atoms with Crippen molar-refractivity contribution in [3.63, 3.8) is 0 Å². The summed E-state index contributed by atoms with van der Waals surface area (Å²) in [7, 11) is 0. The van der Waals surface area contributed by atoms with Crippen LogP contribution in [-0.2, 0) is 6.42 Å². The molecule has 0 saturated carbocycles. The van der Waals surface area contributed by atoms with Crippen LogP contribution in [0.4, 0.5) is 8.78 Å². The van der Waals surface area contributed by atoms with E-state index in [-0.39, 0.29) is 5.75 Å². The van der Waals surface area contributed by atoms with E-state index in [9.17, 15) is 14.0 Å². The van der Waals surface area contributed by atoms with E-state index >= 15 is 0 Å². The van der Waals surface area contributed by atoms with Crippen LogP contribution in [0.1, 0.15) is 32.8 Å². The molecule has 0 heterocycles. The van der Waals surface area contributed by atoms with Gasteiger partial charge in [-0.1, -0.05) is 26.0 Å². The van der Waals surface area contributed by atoms with E-state index in [1.54, 1.807) is 12.1 Å². The predicted octanol–water partition coefficient (Wildman–Crippen LogP) is 3.84. The lowest BCUT2D eigenvalue weighted by Crippen LogP contribution is -2.45. The maximum absolute atomic E-state index is 12.1. The summed E-state index contributed by atoms with van der Waals surface area (Å²) in [6.45, 7) is 4.85. The first kappa shape index (κ1) is 17.4. The van der Waals surface area contributed by atoms with Crippen molar-refractivity contribution in [1.82, 2.24) is 4.90 Å². The Bertz CT molecular complexity index is 466. The average Bonchev–Trinajstić information content (AvgIpc) is 2.47. The molecule has 0 amide bonds. The van der Waals surface area contributed by atoms with E-state index in [0.717, 1.165) is 25.1 Å². The first-order valence-corrected chi connectivity index (χ1v) is 7.15. The van der Waals surface area contributed by atoms with Crippen molar-refractivity contribution in [3.05, 3.63) is 29.8 Å². The Morgan fingerprint density at radius 1 is 1.24 bits per heavy atom. The van der Waals surface area contributed by atoms with Gasteiger partial charge in [0.15, 0.2) is 0 Å². The van der Waals surface area contributed by atoms with Crippen LogP contribution in [0.25, 0.3) is 0 Å². The van der Waals surface area contributed by atoms with Crippen LogP contribution in [-0.4, -0.2) is 30.1 Å². The molecule has 0 fully saturated rings. The lowest BCUT2D eigenvalue weighted by atomic mass is 9.92. The van der Waals surface area contributed by atoms with Gasteiger partial charge in [-0.3, -0.25) is 4.90 Å². The molecule has 5 heteroatoms. The number of ether oxygens (including phenoxy) is 1. The summed E-state index contributed by atoms with van der Waals surface area (Å²) in [5.41, 5.74) is 0.493. The highest BCUT2D eigenvalue weighted by atomic mass is 19.3. The van der Waals surface area contributed by atoms with Gasteiger partial charge in [-0.2, -0.15) is 14.0 Å². The third-order valence-corrected chi connectivity index (χ3v) is 3.75. The zero-order valence-corrected chi connectivity index (χ0v) is 12.8. The quantitative estimate of drug-likeness (QED) is 0.731. The Balaban J connectivity index is 2.67. The van der Waals surface area contributed by atoms with Gasteiger partial charge in [0.05, 0.1) is 6.07 Å². The van der Waals surface area contributed by atoms with Crippen molar-refractivity contribution in [2.45, 2.75) is 45.8 Å². The number of halogens is 2. The van der Waals surface area contributed by atoms with E-state index < -0.39 is 12.2 Å². The van der Waals surface area contributed by atoms with Gasteiger partial charge < -0.3 is 4.74 Å². The van der Waals surface area contributed by atoms with E-state index in [1.807, 2.05) is 20.8 Å². The Morgan fingerprint density at radius 2 is 1.81 bits per heavy atom.